The van der Waals surface area contributed by atoms with Crippen LogP contribution in [0.1, 0.15) is 75.4 Å². The van der Waals surface area contributed by atoms with Gasteiger partial charge in [0.1, 0.15) is 5.01 Å². The molecule has 3 heteroatoms. The Morgan fingerprint density at radius 1 is 1.26 bits per heavy atom. The summed E-state index contributed by atoms with van der Waals surface area (Å²) in [5.41, 5.74) is 1.50. The molecule has 1 atom stereocenters. The molecule has 0 radical (unpaired) electrons. The van der Waals surface area contributed by atoms with E-state index in [0.29, 0.717) is 6.04 Å². The van der Waals surface area contributed by atoms with Crippen LogP contribution in [0.4, 0.5) is 0 Å². The maximum absolute atomic E-state index is 5.02. The first-order valence-corrected chi connectivity index (χ1v) is 8.69. The van der Waals surface area contributed by atoms with E-state index in [2.05, 4.69) is 33.0 Å². The molecule has 1 aromatic rings. The number of nitrogens with zero attached hydrogens (tertiary/aromatic N) is 1. The Kier molecular flexibility index (Phi) is 5.02. The predicted molar refractivity (Wildman–Crippen MR) is 83.9 cm³/mol. The molecule has 0 aromatic carbocycles. The number of hydrogen-bond donors (Lipinski definition) is 1. The third kappa shape index (κ3) is 3.19. The number of hydrogen-bond acceptors (Lipinski definition) is 3. The fourth-order valence-corrected chi connectivity index (χ4v) is 4.61. The smallest absolute Gasteiger partial charge is 0.113 e. The van der Waals surface area contributed by atoms with Gasteiger partial charge in [-0.25, -0.2) is 4.98 Å². The molecule has 108 valence electrons. The van der Waals surface area contributed by atoms with Crippen LogP contribution in [0.3, 0.4) is 0 Å². The number of aryl methyl sites for hydroxylation is 2. The Morgan fingerprint density at radius 2 is 2.00 bits per heavy atom. The number of thiazole rings is 1. The molecule has 0 spiro atoms. The van der Waals surface area contributed by atoms with E-state index in [1.54, 1.807) is 4.88 Å². The van der Waals surface area contributed by atoms with Crippen LogP contribution in [0.2, 0.25) is 0 Å². The van der Waals surface area contributed by atoms with E-state index in [4.69, 9.17) is 4.98 Å². The lowest BCUT2D eigenvalue weighted by molar-refractivity contribution is 0.269. The molecule has 0 saturated heterocycles. The summed E-state index contributed by atoms with van der Waals surface area (Å²) in [7, 11) is 0. The molecule has 0 aliphatic heterocycles. The molecule has 1 aliphatic carbocycles. The van der Waals surface area contributed by atoms with Crippen molar-refractivity contribution in [3.05, 3.63) is 15.6 Å². The molecule has 2 nitrogen and oxygen atoms in total. The van der Waals surface area contributed by atoms with Gasteiger partial charge in [-0.15, -0.1) is 11.3 Å². The Bertz CT molecular complexity index is 387. The standard InChI is InChI=1S/C16H28N2S/c1-5-11-16(6-2,18-12(3)4)15-17-13-9-7-8-10-14(13)19-15/h12,18H,5-11H2,1-4H3. The van der Waals surface area contributed by atoms with Gasteiger partial charge in [-0.2, -0.15) is 0 Å². The minimum absolute atomic E-state index is 0.102. The molecule has 19 heavy (non-hydrogen) atoms. The summed E-state index contributed by atoms with van der Waals surface area (Å²) in [6.07, 6.45) is 8.64. The summed E-state index contributed by atoms with van der Waals surface area (Å²) in [6.45, 7) is 9.06. The topological polar surface area (TPSA) is 24.9 Å². The first-order valence-electron chi connectivity index (χ1n) is 7.88. The van der Waals surface area contributed by atoms with E-state index in [1.165, 1.54) is 49.2 Å². The van der Waals surface area contributed by atoms with Gasteiger partial charge in [0.05, 0.1) is 11.2 Å². The van der Waals surface area contributed by atoms with E-state index in [0.717, 1.165) is 6.42 Å². The zero-order valence-electron chi connectivity index (χ0n) is 12.9. The fraction of sp³-hybridized carbons (Fsp3) is 0.812. The van der Waals surface area contributed by atoms with Crippen molar-refractivity contribution in [2.75, 3.05) is 0 Å². The van der Waals surface area contributed by atoms with Crippen molar-refractivity contribution in [2.24, 2.45) is 0 Å². The predicted octanol–water partition coefficient (Wildman–Crippen LogP) is 4.43. The normalized spacial score (nSPS) is 18.4. The fourth-order valence-electron chi connectivity index (χ4n) is 3.21. The van der Waals surface area contributed by atoms with Gasteiger partial charge < -0.3 is 5.32 Å². The molecule has 1 aliphatic rings. The molecule has 0 saturated carbocycles. The minimum atomic E-state index is 0.102. The molecule has 0 fully saturated rings. The lowest BCUT2D eigenvalue weighted by Crippen LogP contribution is -2.45. The minimum Gasteiger partial charge on any atom is -0.303 e. The van der Waals surface area contributed by atoms with Crippen LogP contribution in [-0.4, -0.2) is 11.0 Å². The molecule has 0 amide bonds. The first-order chi connectivity index (χ1) is 9.11. The highest BCUT2D eigenvalue weighted by Crippen LogP contribution is 2.37. The van der Waals surface area contributed by atoms with Crippen molar-refractivity contribution in [2.45, 2.75) is 84.2 Å². The highest BCUT2D eigenvalue weighted by Gasteiger charge is 2.34. The van der Waals surface area contributed by atoms with Crippen molar-refractivity contribution in [3.8, 4) is 0 Å². The van der Waals surface area contributed by atoms with Crippen LogP contribution in [0, 0.1) is 0 Å². The van der Waals surface area contributed by atoms with E-state index in [-0.39, 0.29) is 5.54 Å². The molecule has 2 rings (SSSR count). The number of aromatic nitrogens is 1. The zero-order valence-corrected chi connectivity index (χ0v) is 13.7. The van der Waals surface area contributed by atoms with Crippen LogP contribution in [0.25, 0.3) is 0 Å². The molecule has 1 aromatic heterocycles. The largest absolute Gasteiger partial charge is 0.303 e. The van der Waals surface area contributed by atoms with Crippen LogP contribution < -0.4 is 5.32 Å². The lowest BCUT2D eigenvalue weighted by Gasteiger charge is -2.34. The van der Waals surface area contributed by atoms with Crippen molar-refractivity contribution < 1.29 is 0 Å². The van der Waals surface area contributed by atoms with E-state index in [9.17, 15) is 0 Å². The summed E-state index contributed by atoms with van der Waals surface area (Å²) >= 11 is 1.98. The maximum atomic E-state index is 5.02. The van der Waals surface area contributed by atoms with Gasteiger partial charge >= 0.3 is 0 Å². The number of rotatable bonds is 6. The number of nitrogens with one attached hydrogen (secondary N) is 1. The zero-order chi connectivity index (χ0) is 13.9. The molecule has 1 heterocycles. The summed E-state index contributed by atoms with van der Waals surface area (Å²) in [5, 5.41) is 5.16. The lowest BCUT2D eigenvalue weighted by atomic mass is 9.90. The molecule has 0 bridgehead atoms. The quantitative estimate of drug-likeness (QED) is 0.834. The van der Waals surface area contributed by atoms with Crippen molar-refractivity contribution in [1.82, 2.24) is 10.3 Å². The SMILES string of the molecule is CCCC(CC)(NC(C)C)c1nc2c(s1)CCCC2. The van der Waals surface area contributed by atoms with E-state index >= 15 is 0 Å². The van der Waals surface area contributed by atoms with Crippen molar-refractivity contribution in [3.63, 3.8) is 0 Å². The second-order valence-corrected chi connectivity index (χ2v) is 7.16. The van der Waals surface area contributed by atoms with Gasteiger partial charge in [-0.1, -0.05) is 20.3 Å². The Hall–Kier alpha value is -0.410. The molecule has 1 unspecified atom stereocenters. The average molecular weight is 280 g/mol. The van der Waals surface area contributed by atoms with Gasteiger partial charge in [0, 0.05) is 10.9 Å². The van der Waals surface area contributed by atoms with Gasteiger partial charge in [-0.3, -0.25) is 0 Å². The molecular weight excluding hydrogens is 252 g/mol. The van der Waals surface area contributed by atoms with Crippen molar-refractivity contribution in [1.29, 1.82) is 0 Å². The van der Waals surface area contributed by atoms with Crippen LogP contribution >= 0.6 is 11.3 Å². The Balaban J connectivity index is 2.33. The summed E-state index contributed by atoms with van der Waals surface area (Å²) in [5.74, 6) is 0. The average Bonchev–Trinajstić information content (AvgIpc) is 2.81. The number of fused-ring (bicyclic) bond motifs is 1. The molecular formula is C16H28N2S. The summed E-state index contributed by atoms with van der Waals surface area (Å²) in [4.78, 5) is 6.58. The summed E-state index contributed by atoms with van der Waals surface area (Å²) in [6, 6.07) is 0.507. The second-order valence-electron chi connectivity index (χ2n) is 6.08. The maximum Gasteiger partial charge on any atom is 0.113 e. The highest BCUT2D eigenvalue weighted by molar-refractivity contribution is 7.11. The Labute approximate surface area is 122 Å². The van der Waals surface area contributed by atoms with Crippen LogP contribution in [0.5, 0.6) is 0 Å². The van der Waals surface area contributed by atoms with E-state index < -0.39 is 0 Å². The van der Waals surface area contributed by atoms with Crippen LogP contribution in [0.15, 0.2) is 0 Å². The third-order valence-electron chi connectivity index (χ3n) is 4.10. The monoisotopic (exact) mass is 280 g/mol. The highest BCUT2D eigenvalue weighted by atomic mass is 32.1. The van der Waals surface area contributed by atoms with E-state index in [1.807, 2.05) is 11.3 Å². The Morgan fingerprint density at radius 3 is 2.58 bits per heavy atom. The summed E-state index contributed by atoms with van der Waals surface area (Å²) < 4.78 is 0. The first kappa shape index (κ1) is 15.0. The molecule has 1 N–H and O–H groups in total. The third-order valence-corrected chi connectivity index (χ3v) is 5.46. The van der Waals surface area contributed by atoms with Crippen molar-refractivity contribution >= 4 is 11.3 Å². The van der Waals surface area contributed by atoms with Gasteiger partial charge in [-0.05, 0) is 52.4 Å². The van der Waals surface area contributed by atoms with Gasteiger partial charge in [0.15, 0.2) is 0 Å². The van der Waals surface area contributed by atoms with Crippen LogP contribution in [-0.2, 0) is 18.4 Å². The second kappa shape index (κ2) is 6.36. The van der Waals surface area contributed by atoms with Gasteiger partial charge in [0.2, 0.25) is 0 Å². The van der Waals surface area contributed by atoms with Gasteiger partial charge in [0.25, 0.3) is 0 Å².